The molecule has 0 aromatic carbocycles. The van der Waals surface area contributed by atoms with E-state index >= 15 is 0 Å². The van der Waals surface area contributed by atoms with E-state index in [4.69, 9.17) is 23.2 Å². The molecule has 2 nitrogen and oxygen atoms in total. The van der Waals surface area contributed by atoms with Crippen LogP contribution in [-0.2, 0) is 0 Å². The molecule has 2 atom stereocenters. The average molecular weight is 323 g/mol. The van der Waals surface area contributed by atoms with E-state index in [2.05, 4.69) is 16.9 Å². The van der Waals surface area contributed by atoms with Crippen molar-refractivity contribution in [2.45, 2.75) is 37.2 Å². The van der Waals surface area contributed by atoms with Crippen LogP contribution in [-0.4, -0.2) is 26.7 Å². The summed E-state index contributed by atoms with van der Waals surface area (Å²) in [6, 6.07) is 0. The maximum absolute atomic E-state index is 6.24. The van der Waals surface area contributed by atoms with Gasteiger partial charge in [-0.15, -0.1) is 11.8 Å². The number of halogens is 2. The van der Waals surface area contributed by atoms with Gasteiger partial charge in [0.1, 0.15) is 16.1 Å². The van der Waals surface area contributed by atoms with Gasteiger partial charge in [0.15, 0.2) is 0 Å². The number of aromatic nitrogens is 2. The molecule has 0 radical (unpaired) electrons. The molecule has 1 fully saturated rings. The van der Waals surface area contributed by atoms with Crippen LogP contribution in [0, 0.1) is 0 Å². The first-order valence-corrected chi connectivity index (χ1v) is 8.82. The highest BCUT2D eigenvalue weighted by molar-refractivity contribution is 8.06. The van der Waals surface area contributed by atoms with Gasteiger partial charge in [-0.3, -0.25) is 0 Å². The number of thioether (sulfide) groups is 2. The minimum Gasteiger partial charge on any atom is -0.220 e. The van der Waals surface area contributed by atoms with Crippen LogP contribution in [0.25, 0.3) is 0 Å². The lowest BCUT2D eigenvalue weighted by Crippen LogP contribution is -2.18. The van der Waals surface area contributed by atoms with Crippen molar-refractivity contribution in [1.82, 2.24) is 9.97 Å². The number of hydrogen-bond acceptors (Lipinski definition) is 4. The summed E-state index contributed by atoms with van der Waals surface area (Å²) in [6.07, 6.45) is 0. The highest BCUT2D eigenvalue weighted by Crippen LogP contribution is 2.42. The molecule has 2 rings (SSSR count). The van der Waals surface area contributed by atoms with Crippen molar-refractivity contribution in [2.24, 2.45) is 0 Å². The van der Waals surface area contributed by atoms with Crippen molar-refractivity contribution in [3.63, 3.8) is 0 Å². The molecule has 1 saturated heterocycles. The fraction of sp³-hybridized carbons (Fsp3) is 0.667. The molecule has 2 heterocycles. The Balaban J connectivity index is 2.35. The maximum Gasteiger partial charge on any atom is 0.145 e. The largest absolute Gasteiger partial charge is 0.220 e. The van der Waals surface area contributed by atoms with Crippen molar-refractivity contribution < 1.29 is 0 Å². The molecule has 1 aliphatic heterocycles. The number of hydrogen-bond donors (Lipinski definition) is 0. The van der Waals surface area contributed by atoms with E-state index in [1.807, 2.05) is 37.4 Å². The van der Waals surface area contributed by atoms with Gasteiger partial charge in [0.2, 0.25) is 0 Å². The van der Waals surface area contributed by atoms with Crippen molar-refractivity contribution in [2.75, 3.05) is 11.5 Å². The Bertz CT molecular complexity index is 417. The van der Waals surface area contributed by atoms with Gasteiger partial charge in [-0.25, -0.2) is 9.97 Å². The van der Waals surface area contributed by atoms with Gasteiger partial charge in [0.25, 0.3) is 0 Å². The predicted octanol–water partition coefficient (Wildman–Crippen LogP) is 4.82. The van der Waals surface area contributed by atoms with Crippen LogP contribution in [0.2, 0.25) is 10.3 Å². The Morgan fingerprint density at radius 2 is 1.67 bits per heavy atom. The smallest absolute Gasteiger partial charge is 0.145 e. The number of nitrogens with zero attached hydrogens (tertiary/aromatic N) is 2. The van der Waals surface area contributed by atoms with Crippen LogP contribution < -0.4 is 0 Å². The molecular formula is C12H16Cl2N2S2. The first kappa shape index (κ1) is 14.8. The Hall–Kier alpha value is 0.360. The summed E-state index contributed by atoms with van der Waals surface area (Å²) in [6.45, 7) is 6.30. The third-order valence-corrected chi connectivity index (χ3v) is 6.55. The molecule has 2 unspecified atom stereocenters. The van der Waals surface area contributed by atoms with Gasteiger partial charge < -0.3 is 0 Å². The lowest BCUT2D eigenvalue weighted by atomic mass is 10.1. The normalized spacial score (nSPS) is 24.6. The quantitative estimate of drug-likeness (QED) is 0.729. The van der Waals surface area contributed by atoms with E-state index < -0.39 is 0 Å². The molecule has 1 aliphatic rings. The third kappa shape index (κ3) is 3.09. The molecule has 0 N–H and O–H groups in total. The van der Waals surface area contributed by atoms with Gasteiger partial charge in [-0.05, 0) is 5.92 Å². The minimum atomic E-state index is 0.241. The van der Waals surface area contributed by atoms with Crippen molar-refractivity contribution in [3.05, 3.63) is 21.7 Å². The van der Waals surface area contributed by atoms with Crippen LogP contribution in [0.1, 0.15) is 43.3 Å². The van der Waals surface area contributed by atoms with Gasteiger partial charge in [0.05, 0.1) is 5.25 Å². The summed E-state index contributed by atoms with van der Waals surface area (Å²) in [7, 11) is 0. The fourth-order valence-corrected chi connectivity index (χ4v) is 5.48. The van der Waals surface area contributed by atoms with Crippen LogP contribution in [0.15, 0.2) is 0 Å². The molecule has 100 valence electrons. The molecule has 6 heteroatoms. The summed E-state index contributed by atoms with van der Waals surface area (Å²) < 4.78 is 0. The average Bonchev–Trinajstić information content (AvgIpc) is 2.27. The van der Waals surface area contributed by atoms with Crippen LogP contribution in [0.5, 0.6) is 0 Å². The molecule has 1 aromatic heterocycles. The zero-order valence-corrected chi connectivity index (χ0v) is 13.8. The van der Waals surface area contributed by atoms with Crippen molar-refractivity contribution >= 4 is 46.7 Å². The third-order valence-electron chi connectivity index (χ3n) is 2.89. The molecule has 18 heavy (non-hydrogen) atoms. The fourth-order valence-electron chi connectivity index (χ4n) is 1.95. The standard InChI is InChI=1S/C12H16Cl2N2S2/c1-6(2)8-10(13)15-12(16-11(8)14)9-7(3)17-4-5-18-9/h6-7,9H,4-5H2,1-3H3. The van der Waals surface area contributed by atoms with Gasteiger partial charge in [0, 0.05) is 22.3 Å². The van der Waals surface area contributed by atoms with Crippen molar-refractivity contribution in [1.29, 1.82) is 0 Å². The molecule has 0 bridgehead atoms. The predicted molar refractivity (Wildman–Crippen MR) is 83.3 cm³/mol. The maximum atomic E-state index is 6.24. The second-order valence-corrected chi connectivity index (χ2v) is 8.05. The van der Waals surface area contributed by atoms with Crippen molar-refractivity contribution in [3.8, 4) is 0 Å². The van der Waals surface area contributed by atoms with E-state index in [0.717, 1.165) is 17.1 Å². The zero-order chi connectivity index (χ0) is 13.3. The van der Waals surface area contributed by atoms with Crippen LogP contribution >= 0.6 is 46.7 Å². The zero-order valence-electron chi connectivity index (χ0n) is 10.6. The van der Waals surface area contributed by atoms with E-state index in [0.29, 0.717) is 20.8 Å². The molecule has 0 saturated carbocycles. The number of rotatable bonds is 2. The lowest BCUT2D eigenvalue weighted by Gasteiger charge is -2.27. The first-order valence-electron chi connectivity index (χ1n) is 5.96. The molecular weight excluding hydrogens is 307 g/mol. The Kier molecular flexibility index (Phi) is 5.09. The first-order chi connectivity index (χ1) is 8.50. The SMILES string of the molecule is CC(C)c1c(Cl)nc(C2SCCSC2C)nc1Cl. The second kappa shape index (κ2) is 6.21. The van der Waals surface area contributed by atoms with E-state index in [9.17, 15) is 0 Å². The summed E-state index contributed by atoms with van der Waals surface area (Å²) in [5.41, 5.74) is 0.850. The lowest BCUT2D eigenvalue weighted by molar-refractivity contribution is 0.791. The highest BCUT2D eigenvalue weighted by Gasteiger charge is 2.28. The summed E-state index contributed by atoms with van der Waals surface area (Å²) >= 11 is 16.3. The second-order valence-electron chi connectivity index (χ2n) is 4.60. The van der Waals surface area contributed by atoms with Crippen LogP contribution in [0.4, 0.5) is 0 Å². The monoisotopic (exact) mass is 322 g/mol. The minimum absolute atomic E-state index is 0.241. The molecule has 0 spiro atoms. The van der Waals surface area contributed by atoms with Gasteiger partial charge in [-0.2, -0.15) is 11.8 Å². The Labute approximate surface area is 127 Å². The summed E-state index contributed by atoms with van der Waals surface area (Å²) in [4.78, 5) is 8.93. The van der Waals surface area contributed by atoms with E-state index in [-0.39, 0.29) is 5.92 Å². The molecule has 1 aromatic rings. The Morgan fingerprint density at radius 3 is 2.17 bits per heavy atom. The summed E-state index contributed by atoms with van der Waals surface area (Å²) in [5.74, 6) is 3.34. The summed E-state index contributed by atoms with van der Waals surface area (Å²) in [5, 5.41) is 1.80. The van der Waals surface area contributed by atoms with Gasteiger partial charge in [-0.1, -0.05) is 44.0 Å². The van der Waals surface area contributed by atoms with Crippen LogP contribution in [0.3, 0.4) is 0 Å². The molecule has 0 aliphatic carbocycles. The Morgan fingerprint density at radius 1 is 1.11 bits per heavy atom. The van der Waals surface area contributed by atoms with E-state index in [1.165, 1.54) is 5.75 Å². The topological polar surface area (TPSA) is 25.8 Å². The highest BCUT2D eigenvalue weighted by atomic mass is 35.5. The van der Waals surface area contributed by atoms with Gasteiger partial charge >= 0.3 is 0 Å². The molecule has 0 amide bonds. The van der Waals surface area contributed by atoms with E-state index in [1.54, 1.807) is 0 Å².